The van der Waals surface area contributed by atoms with Crippen LogP contribution in [0.4, 0.5) is 0 Å². The normalized spacial score (nSPS) is 15.7. The molecular weight excluding hydrogens is 258 g/mol. The van der Waals surface area contributed by atoms with Crippen LogP contribution in [0.2, 0.25) is 0 Å². The maximum Gasteiger partial charge on any atom is 0.309 e. The van der Waals surface area contributed by atoms with Crippen LogP contribution in [0.1, 0.15) is 34.6 Å². The zero-order valence-corrected chi connectivity index (χ0v) is 12.4. The molecule has 0 bridgehead atoms. The Morgan fingerprint density at radius 3 is 1.89 bits per heavy atom. The molecule has 0 aliphatic rings. The summed E-state index contributed by atoms with van der Waals surface area (Å²) in [6, 6.07) is 0. The lowest BCUT2D eigenvalue weighted by Crippen LogP contribution is -2.40. The lowest BCUT2D eigenvalue weighted by atomic mass is 9.95. The number of sulfonamides is 1. The molecular formula is C11H21NO5S. The van der Waals surface area contributed by atoms with Crippen LogP contribution in [0.5, 0.6) is 0 Å². The molecule has 2 unspecified atom stereocenters. The molecule has 0 aliphatic heterocycles. The van der Waals surface area contributed by atoms with E-state index in [-0.39, 0.29) is 0 Å². The van der Waals surface area contributed by atoms with Gasteiger partial charge < -0.3 is 4.74 Å². The smallest absolute Gasteiger partial charge is 0.309 e. The largest absolute Gasteiger partial charge is 0.460 e. The Kier molecular flexibility index (Phi) is 5.34. The van der Waals surface area contributed by atoms with E-state index in [9.17, 15) is 18.0 Å². The van der Waals surface area contributed by atoms with Crippen molar-refractivity contribution in [1.29, 1.82) is 0 Å². The third-order valence-electron chi connectivity index (χ3n) is 2.23. The molecule has 0 aromatic heterocycles. The van der Waals surface area contributed by atoms with Gasteiger partial charge in [0, 0.05) is 5.92 Å². The Labute approximate surface area is 108 Å². The molecule has 106 valence electrons. The van der Waals surface area contributed by atoms with Crippen LogP contribution in [0.15, 0.2) is 0 Å². The second-order valence-electron chi connectivity index (χ2n) is 5.35. The SMILES string of the molecule is CC(C(=O)NS(C)(=O)=O)C(C)C(=O)OC(C)(C)C. The average Bonchev–Trinajstić information content (AvgIpc) is 2.09. The minimum absolute atomic E-state index is 0.529. The summed E-state index contributed by atoms with van der Waals surface area (Å²) in [6.07, 6.45) is 0.885. The van der Waals surface area contributed by atoms with E-state index in [0.717, 1.165) is 6.26 Å². The van der Waals surface area contributed by atoms with Crippen LogP contribution in [0.25, 0.3) is 0 Å². The lowest BCUT2D eigenvalue weighted by molar-refractivity contribution is -0.162. The highest BCUT2D eigenvalue weighted by atomic mass is 32.2. The molecule has 0 spiro atoms. The number of carbonyl (C=O) groups is 2. The van der Waals surface area contributed by atoms with E-state index < -0.39 is 39.3 Å². The van der Waals surface area contributed by atoms with Gasteiger partial charge in [0.15, 0.2) is 0 Å². The summed E-state index contributed by atoms with van der Waals surface area (Å²) in [5.41, 5.74) is -0.641. The Bertz CT molecular complexity index is 421. The monoisotopic (exact) mass is 279 g/mol. The van der Waals surface area contributed by atoms with Gasteiger partial charge in [-0.05, 0) is 20.8 Å². The fraction of sp³-hybridized carbons (Fsp3) is 0.818. The van der Waals surface area contributed by atoms with Crippen LogP contribution >= 0.6 is 0 Å². The van der Waals surface area contributed by atoms with Gasteiger partial charge in [-0.15, -0.1) is 0 Å². The van der Waals surface area contributed by atoms with Crippen molar-refractivity contribution in [2.75, 3.05) is 6.26 Å². The zero-order valence-electron chi connectivity index (χ0n) is 11.6. The van der Waals surface area contributed by atoms with Gasteiger partial charge in [-0.1, -0.05) is 13.8 Å². The van der Waals surface area contributed by atoms with Gasteiger partial charge >= 0.3 is 5.97 Å². The molecule has 0 saturated carbocycles. The highest BCUT2D eigenvalue weighted by molar-refractivity contribution is 7.89. The van der Waals surface area contributed by atoms with Crippen LogP contribution < -0.4 is 4.72 Å². The van der Waals surface area contributed by atoms with E-state index in [1.807, 2.05) is 4.72 Å². The minimum Gasteiger partial charge on any atom is -0.460 e. The van der Waals surface area contributed by atoms with E-state index in [2.05, 4.69) is 0 Å². The van der Waals surface area contributed by atoms with Gasteiger partial charge in [0.05, 0.1) is 12.2 Å². The van der Waals surface area contributed by atoms with E-state index in [0.29, 0.717) is 0 Å². The molecule has 0 aliphatic carbocycles. The van der Waals surface area contributed by atoms with Crippen LogP contribution in [-0.2, 0) is 24.3 Å². The number of hydrogen-bond donors (Lipinski definition) is 1. The van der Waals surface area contributed by atoms with E-state index >= 15 is 0 Å². The number of rotatable bonds is 4. The van der Waals surface area contributed by atoms with Gasteiger partial charge in [-0.2, -0.15) is 0 Å². The van der Waals surface area contributed by atoms with Crippen molar-refractivity contribution in [3.05, 3.63) is 0 Å². The van der Waals surface area contributed by atoms with Crippen LogP contribution in [0.3, 0.4) is 0 Å². The van der Waals surface area contributed by atoms with Crippen molar-refractivity contribution in [3.63, 3.8) is 0 Å². The van der Waals surface area contributed by atoms with Crippen molar-refractivity contribution in [2.45, 2.75) is 40.2 Å². The van der Waals surface area contributed by atoms with Crippen molar-refractivity contribution in [3.8, 4) is 0 Å². The third kappa shape index (κ3) is 6.58. The highest BCUT2D eigenvalue weighted by Gasteiger charge is 2.31. The van der Waals surface area contributed by atoms with Gasteiger partial charge in [0.1, 0.15) is 5.60 Å². The highest BCUT2D eigenvalue weighted by Crippen LogP contribution is 2.17. The summed E-state index contributed by atoms with van der Waals surface area (Å²) in [7, 11) is -3.61. The Morgan fingerprint density at radius 1 is 1.11 bits per heavy atom. The fourth-order valence-electron chi connectivity index (χ4n) is 1.10. The molecule has 0 radical (unpaired) electrons. The van der Waals surface area contributed by atoms with Crippen molar-refractivity contribution < 1.29 is 22.7 Å². The zero-order chi connectivity index (χ0) is 14.7. The first-order chi connectivity index (χ1) is 7.83. The summed E-state index contributed by atoms with van der Waals surface area (Å²) in [4.78, 5) is 23.3. The topological polar surface area (TPSA) is 89.5 Å². The second kappa shape index (κ2) is 5.69. The Hall–Kier alpha value is -1.11. The molecule has 2 atom stereocenters. The molecule has 1 amide bonds. The number of hydrogen-bond acceptors (Lipinski definition) is 5. The molecule has 18 heavy (non-hydrogen) atoms. The standard InChI is InChI=1S/C11H21NO5S/c1-7(9(13)12-18(6,15)16)8(2)10(14)17-11(3,4)5/h7-8H,1-6H3,(H,12,13). The lowest BCUT2D eigenvalue weighted by Gasteiger charge is -2.24. The van der Waals surface area contributed by atoms with Crippen molar-refractivity contribution in [2.24, 2.45) is 11.8 Å². The van der Waals surface area contributed by atoms with Gasteiger partial charge in [0.25, 0.3) is 0 Å². The van der Waals surface area contributed by atoms with Gasteiger partial charge in [-0.25, -0.2) is 8.42 Å². The summed E-state index contributed by atoms with van der Waals surface area (Å²) in [6.45, 7) is 8.17. The number of ether oxygens (including phenoxy) is 1. The molecule has 0 saturated heterocycles. The van der Waals surface area contributed by atoms with Crippen molar-refractivity contribution >= 4 is 21.9 Å². The van der Waals surface area contributed by atoms with E-state index in [4.69, 9.17) is 4.74 Å². The first kappa shape index (κ1) is 16.9. The molecule has 0 aromatic carbocycles. The number of amides is 1. The Morgan fingerprint density at radius 2 is 1.56 bits per heavy atom. The van der Waals surface area contributed by atoms with E-state index in [1.165, 1.54) is 13.8 Å². The molecule has 7 heteroatoms. The minimum atomic E-state index is -3.61. The molecule has 0 heterocycles. The molecule has 0 aromatic rings. The maximum absolute atomic E-state index is 11.7. The molecule has 6 nitrogen and oxygen atoms in total. The summed E-state index contributed by atoms with van der Waals surface area (Å²) >= 11 is 0. The summed E-state index contributed by atoms with van der Waals surface area (Å²) < 4.78 is 28.8. The molecule has 1 N–H and O–H groups in total. The third-order valence-corrected chi connectivity index (χ3v) is 2.80. The summed E-state index contributed by atoms with van der Waals surface area (Å²) in [5, 5.41) is 0. The Balaban J connectivity index is 4.65. The van der Waals surface area contributed by atoms with Gasteiger partial charge in [-0.3, -0.25) is 14.3 Å². The summed E-state index contributed by atoms with van der Waals surface area (Å²) in [5.74, 6) is -2.74. The molecule has 0 rings (SSSR count). The quantitative estimate of drug-likeness (QED) is 0.764. The van der Waals surface area contributed by atoms with E-state index in [1.54, 1.807) is 20.8 Å². The fourth-order valence-corrected chi connectivity index (χ4v) is 1.65. The second-order valence-corrected chi connectivity index (χ2v) is 7.10. The number of nitrogens with one attached hydrogen (secondary N) is 1. The van der Waals surface area contributed by atoms with Crippen LogP contribution in [-0.4, -0.2) is 32.2 Å². The predicted octanol–water partition coefficient (Wildman–Crippen LogP) is 0.676. The number of carbonyl (C=O) groups excluding carboxylic acids is 2. The predicted molar refractivity (Wildman–Crippen MR) is 67.2 cm³/mol. The first-order valence-electron chi connectivity index (χ1n) is 5.58. The van der Waals surface area contributed by atoms with Crippen LogP contribution in [0, 0.1) is 11.8 Å². The average molecular weight is 279 g/mol. The molecule has 0 fully saturated rings. The van der Waals surface area contributed by atoms with Crippen molar-refractivity contribution in [1.82, 2.24) is 4.72 Å². The maximum atomic E-state index is 11.7. The number of esters is 1. The first-order valence-corrected chi connectivity index (χ1v) is 7.47. The van der Waals surface area contributed by atoms with Gasteiger partial charge in [0.2, 0.25) is 15.9 Å².